The third-order valence-electron chi connectivity index (χ3n) is 6.64. The molecule has 0 bridgehead atoms. The Kier molecular flexibility index (Phi) is 6.03. The van der Waals surface area contributed by atoms with Crippen LogP contribution in [0.15, 0.2) is 21.3 Å². The van der Waals surface area contributed by atoms with Crippen molar-refractivity contribution in [2.75, 3.05) is 6.54 Å². The van der Waals surface area contributed by atoms with Gasteiger partial charge in [-0.25, -0.2) is 4.79 Å². The van der Waals surface area contributed by atoms with Crippen LogP contribution in [0.5, 0.6) is 5.75 Å². The van der Waals surface area contributed by atoms with Gasteiger partial charge in [-0.15, -0.1) is 0 Å². The van der Waals surface area contributed by atoms with Gasteiger partial charge in [-0.2, -0.15) is 0 Å². The first-order valence-electron chi connectivity index (χ1n) is 11.1. The molecule has 0 unspecified atom stereocenters. The number of carbonyl (C=O) groups excluding carboxylic acids is 1. The van der Waals surface area contributed by atoms with Gasteiger partial charge in [0.1, 0.15) is 16.9 Å². The highest BCUT2D eigenvalue weighted by Crippen LogP contribution is 2.43. The van der Waals surface area contributed by atoms with E-state index in [9.17, 15) is 14.4 Å². The van der Waals surface area contributed by atoms with Gasteiger partial charge in [0.15, 0.2) is 0 Å². The topological polar surface area (TPSA) is 106 Å². The Labute approximate surface area is 180 Å². The maximum atomic E-state index is 12.6. The molecule has 2 N–H and O–H groups in total. The van der Waals surface area contributed by atoms with Crippen LogP contribution in [0, 0.1) is 6.92 Å². The molecule has 1 spiro atoms. The molecule has 31 heavy (non-hydrogen) atoms. The maximum absolute atomic E-state index is 12.6. The summed E-state index contributed by atoms with van der Waals surface area (Å²) in [5, 5.41) is 12.2. The zero-order valence-corrected chi connectivity index (χ0v) is 17.9. The number of hydrogen-bond donors (Lipinski definition) is 2. The number of carbonyl (C=O) groups is 2. The number of amides is 1. The van der Waals surface area contributed by atoms with Crippen molar-refractivity contribution in [2.45, 2.75) is 76.7 Å². The second kappa shape index (κ2) is 8.73. The quantitative estimate of drug-likeness (QED) is 0.538. The van der Waals surface area contributed by atoms with Gasteiger partial charge in [0.25, 0.3) is 0 Å². The summed E-state index contributed by atoms with van der Waals surface area (Å²) >= 11 is 0. The van der Waals surface area contributed by atoms with Crippen LogP contribution in [-0.4, -0.2) is 29.1 Å². The van der Waals surface area contributed by atoms with E-state index in [1.54, 1.807) is 0 Å². The molecule has 1 aromatic heterocycles. The number of aryl methyl sites for hydroxylation is 2. The molecule has 2 heterocycles. The molecule has 1 amide bonds. The molecule has 1 saturated carbocycles. The number of carboxylic acid groups (broad SMARTS) is 1. The Hall–Kier alpha value is -2.83. The third-order valence-corrected chi connectivity index (χ3v) is 6.64. The molecule has 2 aliphatic rings. The standard InChI is InChI=1S/C24H29NO6/c1-15-17-12-16-7-10-24(8-3-2-4-9-24)31-19(16)14-20(17)30-23(29)18(15)13-21(26)25-11-5-6-22(27)28/h12,14H,2-11,13H2,1H3,(H,25,26)(H,27,28). The number of hydrogen-bond acceptors (Lipinski definition) is 5. The van der Waals surface area contributed by atoms with E-state index < -0.39 is 11.6 Å². The van der Waals surface area contributed by atoms with Gasteiger partial charge >= 0.3 is 11.6 Å². The van der Waals surface area contributed by atoms with Crippen molar-refractivity contribution in [1.82, 2.24) is 5.32 Å². The van der Waals surface area contributed by atoms with Crippen LogP contribution in [0.25, 0.3) is 11.0 Å². The summed E-state index contributed by atoms with van der Waals surface area (Å²) in [6.45, 7) is 2.10. The highest BCUT2D eigenvalue weighted by atomic mass is 16.5. The molecule has 1 aliphatic carbocycles. The SMILES string of the molecule is Cc1c(CC(=O)NCCCC(=O)O)c(=O)oc2cc3c(cc12)CCC1(CCCCC1)O3. The molecule has 1 fully saturated rings. The summed E-state index contributed by atoms with van der Waals surface area (Å²) in [4.78, 5) is 35.4. The van der Waals surface area contributed by atoms with Crippen molar-refractivity contribution < 1.29 is 23.8 Å². The molecule has 0 saturated heterocycles. The lowest BCUT2D eigenvalue weighted by atomic mass is 9.79. The number of benzene rings is 1. The first kappa shape index (κ1) is 21.4. The lowest BCUT2D eigenvalue weighted by Crippen LogP contribution is -2.41. The molecule has 1 aromatic carbocycles. The summed E-state index contributed by atoms with van der Waals surface area (Å²) in [6, 6.07) is 3.87. The lowest BCUT2D eigenvalue weighted by Gasteiger charge is -2.41. The van der Waals surface area contributed by atoms with Gasteiger partial charge in [-0.3, -0.25) is 9.59 Å². The van der Waals surface area contributed by atoms with Crippen molar-refractivity contribution in [3.63, 3.8) is 0 Å². The fraction of sp³-hybridized carbons (Fsp3) is 0.542. The average Bonchev–Trinajstić information content (AvgIpc) is 2.73. The van der Waals surface area contributed by atoms with Gasteiger partial charge in [0.05, 0.1) is 12.0 Å². The van der Waals surface area contributed by atoms with Crippen LogP contribution in [0.3, 0.4) is 0 Å². The van der Waals surface area contributed by atoms with E-state index >= 15 is 0 Å². The minimum Gasteiger partial charge on any atom is -0.487 e. The van der Waals surface area contributed by atoms with Crippen LogP contribution < -0.4 is 15.7 Å². The van der Waals surface area contributed by atoms with Crippen LogP contribution in [0.4, 0.5) is 0 Å². The summed E-state index contributed by atoms with van der Waals surface area (Å²) in [5.41, 5.74) is 2.09. The highest BCUT2D eigenvalue weighted by Gasteiger charge is 2.37. The first-order chi connectivity index (χ1) is 14.9. The summed E-state index contributed by atoms with van der Waals surface area (Å²) < 4.78 is 12.0. The predicted molar refractivity (Wildman–Crippen MR) is 116 cm³/mol. The number of fused-ring (bicyclic) bond motifs is 2. The fourth-order valence-corrected chi connectivity index (χ4v) is 4.84. The second-order valence-corrected chi connectivity index (χ2v) is 8.82. The van der Waals surface area contributed by atoms with E-state index in [4.69, 9.17) is 14.3 Å². The van der Waals surface area contributed by atoms with Crippen LogP contribution in [-0.2, 0) is 22.4 Å². The molecule has 7 nitrogen and oxygen atoms in total. The summed E-state index contributed by atoms with van der Waals surface area (Å²) in [7, 11) is 0. The van der Waals surface area contributed by atoms with Crippen molar-refractivity contribution in [3.05, 3.63) is 39.2 Å². The largest absolute Gasteiger partial charge is 0.487 e. The number of ether oxygens (including phenoxy) is 1. The Morgan fingerprint density at radius 3 is 2.68 bits per heavy atom. The van der Waals surface area contributed by atoms with E-state index in [2.05, 4.69) is 5.32 Å². The number of rotatable bonds is 6. The monoisotopic (exact) mass is 427 g/mol. The highest BCUT2D eigenvalue weighted by molar-refractivity contribution is 5.86. The van der Waals surface area contributed by atoms with Crippen LogP contribution in [0.1, 0.15) is 68.1 Å². The van der Waals surface area contributed by atoms with E-state index in [-0.39, 0.29) is 30.9 Å². The Morgan fingerprint density at radius 1 is 1.16 bits per heavy atom. The normalized spacial score (nSPS) is 17.2. The van der Waals surface area contributed by atoms with Crippen molar-refractivity contribution >= 4 is 22.8 Å². The molecule has 1 aliphatic heterocycles. The molecule has 166 valence electrons. The third kappa shape index (κ3) is 4.60. The molecular formula is C24H29NO6. The van der Waals surface area contributed by atoms with Gasteiger partial charge in [-0.1, -0.05) is 6.42 Å². The Morgan fingerprint density at radius 2 is 1.94 bits per heavy atom. The second-order valence-electron chi connectivity index (χ2n) is 8.82. The van der Waals surface area contributed by atoms with Crippen molar-refractivity contribution in [1.29, 1.82) is 0 Å². The molecule has 7 heteroatoms. The Balaban J connectivity index is 1.55. The first-order valence-corrected chi connectivity index (χ1v) is 11.1. The minimum atomic E-state index is -0.901. The van der Waals surface area contributed by atoms with E-state index in [0.29, 0.717) is 17.6 Å². The van der Waals surface area contributed by atoms with Gasteiger partial charge in [-0.05, 0) is 69.1 Å². The molecule has 4 rings (SSSR count). The average molecular weight is 427 g/mol. The van der Waals surface area contributed by atoms with Crippen molar-refractivity contribution in [2.24, 2.45) is 0 Å². The molecule has 0 atom stereocenters. The van der Waals surface area contributed by atoms with Crippen LogP contribution in [0.2, 0.25) is 0 Å². The van der Waals surface area contributed by atoms with Crippen molar-refractivity contribution in [3.8, 4) is 5.75 Å². The maximum Gasteiger partial charge on any atom is 0.340 e. The minimum absolute atomic E-state index is 0.00805. The van der Waals surface area contributed by atoms with E-state index in [1.165, 1.54) is 19.3 Å². The molecular weight excluding hydrogens is 398 g/mol. The zero-order valence-electron chi connectivity index (χ0n) is 17.9. The van der Waals surface area contributed by atoms with E-state index in [1.807, 2.05) is 19.1 Å². The zero-order chi connectivity index (χ0) is 22.0. The number of nitrogens with one attached hydrogen (secondary N) is 1. The smallest absolute Gasteiger partial charge is 0.340 e. The van der Waals surface area contributed by atoms with Crippen LogP contribution >= 0.6 is 0 Å². The summed E-state index contributed by atoms with van der Waals surface area (Å²) in [5.74, 6) is -0.408. The lowest BCUT2D eigenvalue weighted by molar-refractivity contribution is -0.137. The molecule has 0 radical (unpaired) electrons. The van der Waals surface area contributed by atoms with Gasteiger partial charge < -0.3 is 19.6 Å². The Bertz CT molecular complexity index is 1060. The van der Waals surface area contributed by atoms with Gasteiger partial charge in [0.2, 0.25) is 5.91 Å². The fourth-order valence-electron chi connectivity index (χ4n) is 4.84. The number of carboxylic acids is 1. The molecule has 2 aromatic rings. The summed E-state index contributed by atoms with van der Waals surface area (Å²) in [6.07, 6.45) is 8.00. The number of aliphatic carboxylic acids is 1. The van der Waals surface area contributed by atoms with E-state index in [0.717, 1.165) is 47.9 Å². The van der Waals surface area contributed by atoms with Gasteiger partial charge in [0, 0.05) is 24.4 Å². The predicted octanol–water partition coefficient (Wildman–Crippen LogP) is 3.65.